The standard InChI is InChI=1S/C13H9FO2S/c14-10-4-6-11(7-5-10)17-12-3-1-2-9(8-12)13(15)16/h1-8H,(H,15,16). The Kier molecular flexibility index (Phi) is 3.44. The van der Waals surface area contributed by atoms with Gasteiger partial charge in [0.2, 0.25) is 0 Å². The van der Waals surface area contributed by atoms with Crippen molar-refractivity contribution in [2.24, 2.45) is 0 Å². The predicted molar refractivity (Wildman–Crippen MR) is 63.9 cm³/mol. The summed E-state index contributed by atoms with van der Waals surface area (Å²) in [5.41, 5.74) is 0.247. The van der Waals surface area contributed by atoms with Crippen molar-refractivity contribution in [3.05, 3.63) is 59.9 Å². The van der Waals surface area contributed by atoms with Gasteiger partial charge in [-0.2, -0.15) is 0 Å². The minimum Gasteiger partial charge on any atom is -0.478 e. The SMILES string of the molecule is O=C(O)c1cccc(Sc2ccc(F)cc2)c1. The Morgan fingerprint density at radius 2 is 1.76 bits per heavy atom. The van der Waals surface area contributed by atoms with E-state index in [1.807, 2.05) is 6.07 Å². The zero-order chi connectivity index (χ0) is 12.3. The number of hydrogen-bond acceptors (Lipinski definition) is 2. The molecule has 0 aliphatic rings. The molecule has 2 aromatic rings. The van der Waals surface area contributed by atoms with Crippen LogP contribution in [0.25, 0.3) is 0 Å². The lowest BCUT2D eigenvalue weighted by atomic mass is 10.2. The summed E-state index contributed by atoms with van der Waals surface area (Å²) in [6.45, 7) is 0. The fourth-order valence-electron chi connectivity index (χ4n) is 1.33. The van der Waals surface area contributed by atoms with Gasteiger partial charge in [-0.15, -0.1) is 0 Å². The predicted octanol–water partition coefficient (Wildman–Crippen LogP) is 3.68. The molecule has 0 heterocycles. The van der Waals surface area contributed by atoms with E-state index in [0.717, 1.165) is 9.79 Å². The molecule has 0 radical (unpaired) electrons. The highest BCUT2D eigenvalue weighted by atomic mass is 32.2. The third kappa shape index (κ3) is 3.07. The van der Waals surface area contributed by atoms with Crippen molar-refractivity contribution >= 4 is 17.7 Å². The number of halogens is 1. The average molecular weight is 248 g/mol. The second kappa shape index (κ2) is 5.01. The van der Waals surface area contributed by atoms with Crippen LogP contribution in [0.3, 0.4) is 0 Å². The van der Waals surface area contributed by atoms with Gasteiger partial charge in [-0.3, -0.25) is 0 Å². The van der Waals surface area contributed by atoms with Crippen molar-refractivity contribution in [3.8, 4) is 0 Å². The van der Waals surface area contributed by atoms with E-state index in [4.69, 9.17) is 5.11 Å². The molecule has 0 aromatic heterocycles. The van der Waals surface area contributed by atoms with Crippen LogP contribution in [0.2, 0.25) is 0 Å². The Morgan fingerprint density at radius 1 is 1.06 bits per heavy atom. The molecule has 0 saturated carbocycles. The van der Waals surface area contributed by atoms with Crippen LogP contribution in [0.4, 0.5) is 4.39 Å². The Bertz CT molecular complexity index is 537. The van der Waals surface area contributed by atoms with Crippen molar-refractivity contribution < 1.29 is 14.3 Å². The molecule has 0 spiro atoms. The van der Waals surface area contributed by atoms with Gasteiger partial charge in [0.1, 0.15) is 5.82 Å². The summed E-state index contributed by atoms with van der Waals surface area (Å²) < 4.78 is 12.7. The Balaban J connectivity index is 2.21. The molecule has 0 atom stereocenters. The summed E-state index contributed by atoms with van der Waals surface area (Å²) in [5, 5.41) is 8.85. The van der Waals surface area contributed by atoms with Gasteiger partial charge in [0.25, 0.3) is 0 Å². The molecule has 4 heteroatoms. The van der Waals surface area contributed by atoms with Gasteiger partial charge in [-0.05, 0) is 42.5 Å². The minimum atomic E-state index is -0.952. The molecule has 0 fully saturated rings. The van der Waals surface area contributed by atoms with Gasteiger partial charge < -0.3 is 5.11 Å². The molecule has 86 valence electrons. The molecule has 2 rings (SSSR count). The zero-order valence-corrected chi connectivity index (χ0v) is 9.58. The van der Waals surface area contributed by atoms with Gasteiger partial charge in [0.05, 0.1) is 5.56 Å². The van der Waals surface area contributed by atoms with Crippen molar-refractivity contribution in [2.75, 3.05) is 0 Å². The summed E-state index contributed by atoms with van der Waals surface area (Å²) in [7, 11) is 0. The molecule has 0 unspecified atom stereocenters. The van der Waals surface area contributed by atoms with E-state index >= 15 is 0 Å². The van der Waals surface area contributed by atoms with E-state index in [1.165, 1.54) is 30.0 Å². The Hall–Kier alpha value is -1.81. The van der Waals surface area contributed by atoms with Gasteiger partial charge in [0, 0.05) is 9.79 Å². The van der Waals surface area contributed by atoms with Crippen LogP contribution in [0, 0.1) is 5.82 Å². The first-order valence-corrected chi connectivity index (χ1v) is 5.73. The monoisotopic (exact) mass is 248 g/mol. The maximum Gasteiger partial charge on any atom is 0.335 e. The molecule has 0 saturated heterocycles. The summed E-state index contributed by atoms with van der Waals surface area (Å²) >= 11 is 1.40. The lowest BCUT2D eigenvalue weighted by molar-refractivity contribution is 0.0696. The van der Waals surface area contributed by atoms with Crippen LogP contribution in [0.15, 0.2) is 58.3 Å². The molecule has 2 nitrogen and oxygen atoms in total. The maximum atomic E-state index is 12.7. The van der Waals surface area contributed by atoms with Gasteiger partial charge >= 0.3 is 5.97 Å². The quantitative estimate of drug-likeness (QED) is 0.900. The highest BCUT2D eigenvalue weighted by Crippen LogP contribution is 2.28. The summed E-state index contributed by atoms with van der Waals surface area (Å²) in [4.78, 5) is 12.5. The number of carboxylic acid groups (broad SMARTS) is 1. The highest BCUT2D eigenvalue weighted by molar-refractivity contribution is 7.99. The van der Waals surface area contributed by atoms with Crippen molar-refractivity contribution in [2.45, 2.75) is 9.79 Å². The maximum absolute atomic E-state index is 12.7. The molecular formula is C13H9FO2S. The van der Waals surface area contributed by atoms with E-state index in [9.17, 15) is 9.18 Å². The van der Waals surface area contributed by atoms with Crippen LogP contribution >= 0.6 is 11.8 Å². The van der Waals surface area contributed by atoms with E-state index in [1.54, 1.807) is 24.3 Å². The third-order valence-corrected chi connectivity index (χ3v) is 3.13. The number of carboxylic acids is 1. The topological polar surface area (TPSA) is 37.3 Å². The van der Waals surface area contributed by atoms with Crippen molar-refractivity contribution in [1.82, 2.24) is 0 Å². The van der Waals surface area contributed by atoms with Gasteiger partial charge in [-0.1, -0.05) is 17.8 Å². The van der Waals surface area contributed by atoms with Crippen molar-refractivity contribution in [1.29, 1.82) is 0 Å². The fraction of sp³-hybridized carbons (Fsp3) is 0. The molecule has 1 N–H and O–H groups in total. The third-order valence-electron chi connectivity index (χ3n) is 2.13. The average Bonchev–Trinajstić information content (AvgIpc) is 2.32. The number of aromatic carboxylic acids is 1. The lowest BCUT2D eigenvalue weighted by Crippen LogP contribution is -1.95. The molecule has 0 bridgehead atoms. The Labute approximate surface area is 102 Å². The van der Waals surface area contributed by atoms with Gasteiger partial charge in [0.15, 0.2) is 0 Å². The number of hydrogen-bond donors (Lipinski definition) is 1. The second-order valence-corrected chi connectivity index (χ2v) is 4.54. The van der Waals surface area contributed by atoms with Crippen LogP contribution in [0.5, 0.6) is 0 Å². The van der Waals surface area contributed by atoms with Gasteiger partial charge in [-0.25, -0.2) is 9.18 Å². The second-order valence-electron chi connectivity index (χ2n) is 3.39. The van der Waals surface area contributed by atoms with E-state index < -0.39 is 5.97 Å². The molecule has 17 heavy (non-hydrogen) atoms. The fourth-order valence-corrected chi connectivity index (χ4v) is 2.21. The Morgan fingerprint density at radius 3 is 2.41 bits per heavy atom. The first kappa shape index (κ1) is 11.7. The van der Waals surface area contributed by atoms with E-state index in [0.29, 0.717) is 0 Å². The van der Waals surface area contributed by atoms with Crippen LogP contribution in [-0.4, -0.2) is 11.1 Å². The molecule has 2 aromatic carbocycles. The van der Waals surface area contributed by atoms with Crippen LogP contribution in [0.1, 0.15) is 10.4 Å². The number of benzene rings is 2. The minimum absolute atomic E-state index is 0.247. The normalized spacial score (nSPS) is 10.2. The van der Waals surface area contributed by atoms with Crippen LogP contribution < -0.4 is 0 Å². The molecule has 0 amide bonds. The molecular weight excluding hydrogens is 239 g/mol. The van der Waals surface area contributed by atoms with Crippen molar-refractivity contribution in [3.63, 3.8) is 0 Å². The molecule has 0 aliphatic carbocycles. The summed E-state index contributed by atoms with van der Waals surface area (Å²) in [5.74, 6) is -1.24. The van der Waals surface area contributed by atoms with Crippen LogP contribution in [-0.2, 0) is 0 Å². The van der Waals surface area contributed by atoms with E-state index in [2.05, 4.69) is 0 Å². The first-order chi connectivity index (χ1) is 8.15. The smallest absolute Gasteiger partial charge is 0.335 e. The van der Waals surface area contributed by atoms with E-state index in [-0.39, 0.29) is 11.4 Å². The summed E-state index contributed by atoms with van der Waals surface area (Å²) in [6.07, 6.45) is 0. The number of carbonyl (C=O) groups is 1. The lowest BCUT2D eigenvalue weighted by Gasteiger charge is -2.02. The number of rotatable bonds is 3. The first-order valence-electron chi connectivity index (χ1n) is 4.92. The summed E-state index contributed by atoms with van der Waals surface area (Å²) in [6, 6.07) is 12.7. The molecule has 0 aliphatic heterocycles. The largest absolute Gasteiger partial charge is 0.478 e. The highest BCUT2D eigenvalue weighted by Gasteiger charge is 2.04. The zero-order valence-electron chi connectivity index (χ0n) is 8.76.